The van der Waals surface area contributed by atoms with E-state index in [-0.39, 0.29) is 11.6 Å². The lowest BCUT2D eigenvalue weighted by Crippen LogP contribution is -2.44. The Kier molecular flexibility index (Phi) is 6.99. The highest BCUT2D eigenvalue weighted by Gasteiger charge is 2.36. The van der Waals surface area contributed by atoms with Crippen molar-refractivity contribution in [3.63, 3.8) is 0 Å². The van der Waals surface area contributed by atoms with E-state index in [0.29, 0.717) is 0 Å². The summed E-state index contributed by atoms with van der Waals surface area (Å²) in [7, 11) is 5.13. The van der Waals surface area contributed by atoms with Crippen molar-refractivity contribution < 1.29 is 14.2 Å². The monoisotopic (exact) mass is 295 g/mol. The number of methoxy groups -OCH3 is 3. The fourth-order valence-electron chi connectivity index (χ4n) is 2.87. The maximum atomic E-state index is 5.91. The van der Waals surface area contributed by atoms with Crippen LogP contribution in [-0.4, -0.2) is 33.5 Å². The van der Waals surface area contributed by atoms with Crippen LogP contribution in [0.15, 0.2) is 18.2 Å². The molecule has 0 aliphatic heterocycles. The molecule has 0 heterocycles. The van der Waals surface area contributed by atoms with E-state index < -0.39 is 0 Å². The first-order chi connectivity index (χ1) is 10.1. The molecule has 1 aromatic carbocycles. The largest absolute Gasteiger partial charge is 0.497 e. The number of likely N-dealkylation sites (N-methyl/N-ethyl adjacent to an activating group) is 1. The number of rotatable bonds is 9. The molecular formula is C17H29NO3. The lowest BCUT2D eigenvalue weighted by Gasteiger charge is -2.39. The summed E-state index contributed by atoms with van der Waals surface area (Å²) in [6.07, 6.45) is 1.86. The molecule has 1 rings (SSSR count). The van der Waals surface area contributed by atoms with Crippen LogP contribution in [0, 0.1) is 0 Å². The van der Waals surface area contributed by atoms with Gasteiger partial charge in [-0.3, -0.25) is 0 Å². The van der Waals surface area contributed by atoms with Crippen molar-refractivity contribution in [2.75, 3.05) is 27.9 Å². The number of ether oxygens (including phenoxy) is 3. The fourth-order valence-corrected chi connectivity index (χ4v) is 2.87. The molecule has 4 nitrogen and oxygen atoms in total. The average Bonchev–Trinajstić information content (AvgIpc) is 2.55. The lowest BCUT2D eigenvalue weighted by atomic mass is 9.83. The molecule has 0 fully saturated rings. The van der Waals surface area contributed by atoms with Gasteiger partial charge >= 0.3 is 0 Å². The highest BCUT2D eigenvalue weighted by molar-refractivity contribution is 5.40. The van der Waals surface area contributed by atoms with Crippen LogP contribution in [0.2, 0.25) is 0 Å². The summed E-state index contributed by atoms with van der Waals surface area (Å²) in [6, 6.07) is 6.08. The Hall–Kier alpha value is -1.26. The summed E-state index contributed by atoms with van der Waals surface area (Å²) in [5, 5.41) is 3.56. The minimum Gasteiger partial charge on any atom is -0.497 e. The minimum atomic E-state index is -0.243. The Bertz CT molecular complexity index is 400. The van der Waals surface area contributed by atoms with Crippen LogP contribution in [0.4, 0.5) is 0 Å². The zero-order valence-corrected chi connectivity index (χ0v) is 14.2. The maximum Gasteiger partial charge on any atom is 0.122 e. The van der Waals surface area contributed by atoms with Crippen molar-refractivity contribution in [1.29, 1.82) is 0 Å². The van der Waals surface area contributed by atoms with E-state index in [4.69, 9.17) is 14.2 Å². The van der Waals surface area contributed by atoms with Crippen molar-refractivity contribution in [2.45, 2.75) is 45.3 Å². The second-order valence-electron chi connectivity index (χ2n) is 5.11. The SMILES string of the molecule is CCNC(c1cc(OC)cc(OC)c1)C(CC)(CC)OC. The van der Waals surface area contributed by atoms with Crippen LogP contribution in [-0.2, 0) is 4.74 Å². The quantitative estimate of drug-likeness (QED) is 0.756. The van der Waals surface area contributed by atoms with Gasteiger partial charge in [0.2, 0.25) is 0 Å². The first-order valence-corrected chi connectivity index (χ1v) is 7.62. The normalized spacial score (nSPS) is 13.0. The number of nitrogens with one attached hydrogen (secondary N) is 1. The molecule has 0 saturated carbocycles. The molecule has 0 bridgehead atoms. The Balaban J connectivity index is 3.33. The third-order valence-electron chi connectivity index (χ3n) is 4.24. The molecule has 4 heteroatoms. The third-order valence-corrected chi connectivity index (χ3v) is 4.24. The Morgan fingerprint density at radius 1 is 0.952 bits per heavy atom. The molecule has 0 aliphatic carbocycles. The molecule has 1 atom stereocenters. The van der Waals surface area contributed by atoms with E-state index in [9.17, 15) is 0 Å². The van der Waals surface area contributed by atoms with Gasteiger partial charge in [0.05, 0.1) is 25.9 Å². The maximum absolute atomic E-state index is 5.91. The van der Waals surface area contributed by atoms with Gasteiger partial charge in [0, 0.05) is 13.2 Å². The molecule has 0 aliphatic rings. The molecule has 0 spiro atoms. The molecule has 120 valence electrons. The van der Waals surface area contributed by atoms with E-state index >= 15 is 0 Å². The van der Waals surface area contributed by atoms with Gasteiger partial charge in [-0.15, -0.1) is 0 Å². The predicted octanol–water partition coefficient (Wildman–Crippen LogP) is 3.56. The Labute approximate surface area is 128 Å². The number of benzene rings is 1. The zero-order valence-electron chi connectivity index (χ0n) is 14.2. The standard InChI is InChI=1S/C17H29NO3/c1-7-17(8-2,21-6)16(18-9-3)13-10-14(19-4)12-15(11-13)20-5/h10-12,16,18H,7-9H2,1-6H3. The summed E-state index contributed by atoms with van der Waals surface area (Å²) in [6.45, 7) is 7.30. The smallest absolute Gasteiger partial charge is 0.122 e. The number of hydrogen-bond acceptors (Lipinski definition) is 4. The molecule has 0 saturated heterocycles. The van der Waals surface area contributed by atoms with Gasteiger partial charge in [0.25, 0.3) is 0 Å². The van der Waals surface area contributed by atoms with Crippen LogP contribution in [0.1, 0.15) is 45.2 Å². The van der Waals surface area contributed by atoms with E-state index in [1.165, 1.54) is 0 Å². The highest BCUT2D eigenvalue weighted by atomic mass is 16.5. The highest BCUT2D eigenvalue weighted by Crippen LogP contribution is 2.37. The van der Waals surface area contributed by atoms with Gasteiger partial charge in [-0.1, -0.05) is 20.8 Å². The molecule has 1 N–H and O–H groups in total. The summed E-state index contributed by atoms with van der Waals surface area (Å²) in [4.78, 5) is 0. The van der Waals surface area contributed by atoms with Crippen LogP contribution >= 0.6 is 0 Å². The van der Waals surface area contributed by atoms with Crippen LogP contribution in [0.5, 0.6) is 11.5 Å². The second kappa shape index (κ2) is 8.25. The molecule has 21 heavy (non-hydrogen) atoms. The molecule has 1 unspecified atom stereocenters. The summed E-state index contributed by atoms with van der Waals surface area (Å²) in [5.74, 6) is 1.59. The second-order valence-corrected chi connectivity index (χ2v) is 5.11. The van der Waals surface area contributed by atoms with Gasteiger partial charge < -0.3 is 19.5 Å². The lowest BCUT2D eigenvalue weighted by molar-refractivity contribution is -0.0482. The van der Waals surface area contributed by atoms with E-state index in [0.717, 1.165) is 36.4 Å². The zero-order chi connectivity index (χ0) is 15.9. The summed E-state index contributed by atoms with van der Waals surface area (Å²) >= 11 is 0. The predicted molar refractivity (Wildman–Crippen MR) is 86.3 cm³/mol. The first-order valence-electron chi connectivity index (χ1n) is 7.62. The molecule has 0 amide bonds. The third kappa shape index (κ3) is 3.89. The van der Waals surface area contributed by atoms with Crippen molar-refractivity contribution >= 4 is 0 Å². The van der Waals surface area contributed by atoms with E-state index in [1.54, 1.807) is 21.3 Å². The fraction of sp³-hybridized carbons (Fsp3) is 0.647. The molecular weight excluding hydrogens is 266 g/mol. The van der Waals surface area contributed by atoms with Crippen molar-refractivity contribution in [1.82, 2.24) is 5.32 Å². The van der Waals surface area contributed by atoms with Crippen molar-refractivity contribution in [3.8, 4) is 11.5 Å². The summed E-state index contributed by atoms with van der Waals surface area (Å²) in [5.41, 5.74) is 0.881. The van der Waals surface area contributed by atoms with E-state index in [2.05, 4.69) is 38.2 Å². The first kappa shape index (κ1) is 17.8. The van der Waals surface area contributed by atoms with Crippen molar-refractivity contribution in [2.24, 2.45) is 0 Å². The minimum absolute atomic E-state index is 0.0894. The molecule has 0 aromatic heterocycles. The Morgan fingerprint density at radius 3 is 1.81 bits per heavy atom. The molecule has 1 aromatic rings. The molecule has 0 radical (unpaired) electrons. The van der Waals surface area contributed by atoms with E-state index in [1.807, 2.05) is 6.07 Å². The van der Waals surface area contributed by atoms with Gasteiger partial charge in [0.15, 0.2) is 0 Å². The van der Waals surface area contributed by atoms with Gasteiger partial charge in [-0.05, 0) is 37.1 Å². The van der Waals surface area contributed by atoms with Gasteiger partial charge in [-0.2, -0.15) is 0 Å². The van der Waals surface area contributed by atoms with Crippen molar-refractivity contribution in [3.05, 3.63) is 23.8 Å². The van der Waals surface area contributed by atoms with Crippen LogP contribution < -0.4 is 14.8 Å². The Morgan fingerprint density at radius 2 is 1.48 bits per heavy atom. The average molecular weight is 295 g/mol. The topological polar surface area (TPSA) is 39.7 Å². The van der Waals surface area contributed by atoms with Gasteiger partial charge in [0.1, 0.15) is 11.5 Å². The summed E-state index contributed by atoms with van der Waals surface area (Å²) < 4.78 is 16.7. The van der Waals surface area contributed by atoms with Crippen LogP contribution in [0.25, 0.3) is 0 Å². The number of hydrogen-bond donors (Lipinski definition) is 1. The van der Waals surface area contributed by atoms with Gasteiger partial charge in [-0.25, -0.2) is 0 Å². The van der Waals surface area contributed by atoms with Crippen LogP contribution in [0.3, 0.4) is 0 Å².